The van der Waals surface area contributed by atoms with Gasteiger partial charge < -0.3 is 10.0 Å². The maximum atomic E-state index is 13.8. The number of nitrogens with zero attached hydrogens (tertiary/aromatic N) is 2. The van der Waals surface area contributed by atoms with Gasteiger partial charge in [0.2, 0.25) is 17.7 Å². The van der Waals surface area contributed by atoms with E-state index >= 15 is 0 Å². The molecule has 0 radical (unpaired) electrons. The molecule has 0 spiro atoms. The van der Waals surface area contributed by atoms with Crippen molar-refractivity contribution in [1.29, 1.82) is 0 Å². The Kier molecular flexibility index (Phi) is 6.70. The summed E-state index contributed by atoms with van der Waals surface area (Å²) in [5.41, 5.74) is 2.44. The van der Waals surface area contributed by atoms with Gasteiger partial charge in [0.15, 0.2) is 0 Å². The van der Waals surface area contributed by atoms with E-state index in [2.05, 4.69) is 0 Å². The summed E-state index contributed by atoms with van der Waals surface area (Å²) in [6.45, 7) is 0.307. The smallest absolute Gasteiger partial charge is 0.241 e. The molecular formula is C30H30N2O4. The lowest BCUT2D eigenvalue weighted by molar-refractivity contribution is -0.143. The zero-order valence-electron chi connectivity index (χ0n) is 20.2. The Morgan fingerprint density at radius 2 is 1.50 bits per heavy atom. The molecule has 3 aromatic rings. The Morgan fingerprint density at radius 3 is 2.11 bits per heavy atom. The van der Waals surface area contributed by atoms with E-state index in [1.54, 1.807) is 4.90 Å². The Hall–Kier alpha value is -3.77. The van der Waals surface area contributed by atoms with Crippen molar-refractivity contribution in [3.05, 3.63) is 96.1 Å². The zero-order chi connectivity index (χ0) is 25.1. The second-order valence-electron chi connectivity index (χ2n) is 9.70. The minimum atomic E-state index is -1.24. The maximum Gasteiger partial charge on any atom is 0.241 e. The number of amides is 3. The van der Waals surface area contributed by atoms with Crippen LogP contribution in [0.3, 0.4) is 0 Å². The topological polar surface area (TPSA) is 77.9 Å². The molecule has 1 aliphatic heterocycles. The third-order valence-corrected chi connectivity index (χ3v) is 7.20. The van der Waals surface area contributed by atoms with Crippen molar-refractivity contribution in [1.82, 2.24) is 9.80 Å². The fourth-order valence-corrected chi connectivity index (χ4v) is 5.13. The highest BCUT2D eigenvalue weighted by Crippen LogP contribution is 2.45. The van der Waals surface area contributed by atoms with Crippen LogP contribution in [0.1, 0.15) is 36.8 Å². The van der Waals surface area contributed by atoms with Crippen molar-refractivity contribution in [2.24, 2.45) is 0 Å². The first-order valence-electron chi connectivity index (χ1n) is 12.5. The summed E-state index contributed by atoms with van der Waals surface area (Å²) in [5, 5.41) is 9.64. The molecule has 184 valence electrons. The summed E-state index contributed by atoms with van der Waals surface area (Å²) in [4.78, 5) is 43.5. The Morgan fingerprint density at radius 1 is 0.889 bits per heavy atom. The van der Waals surface area contributed by atoms with Crippen LogP contribution in [0, 0.1) is 0 Å². The lowest BCUT2D eigenvalue weighted by atomic mass is 9.75. The van der Waals surface area contributed by atoms with E-state index in [9.17, 15) is 19.5 Å². The van der Waals surface area contributed by atoms with Gasteiger partial charge in [-0.25, -0.2) is 0 Å². The van der Waals surface area contributed by atoms with Crippen LogP contribution in [0.2, 0.25) is 0 Å². The third kappa shape index (κ3) is 4.69. The number of rotatable bonds is 9. The number of hydrogen-bond donors (Lipinski definition) is 1. The van der Waals surface area contributed by atoms with Gasteiger partial charge in [0.1, 0.15) is 0 Å². The molecule has 0 bridgehead atoms. The van der Waals surface area contributed by atoms with Crippen LogP contribution in [0.4, 0.5) is 0 Å². The van der Waals surface area contributed by atoms with Crippen LogP contribution in [0.25, 0.3) is 11.1 Å². The van der Waals surface area contributed by atoms with Gasteiger partial charge in [-0.1, -0.05) is 84.9 Å². The number of carbonyl (C=O) groups is 3. The van der Waals surface area contributed by atoms with Crippen LogP contribution < -0.4 is 0 Å². The minimum absolute atomic E-state index is 0.0168. The quantitative estimate of drug-likeness (QED) is 0.469. The zero-order valence-corrected chi connectivity index (χ0v) is 20.2. The summed E-state index contributed by atoms with van der Waals surface area (Å²) in [6, 6.07) is 27.1. The molecule has 0 aromatic heterocycles. The van der Waals surface area contributed by atoms with E-state index in [0.717, 1.165) is 29.5 Å². The summed E-state index contributed by atoms with van der Waals surface area (Å²) < 4.78 is 0. The third-order valence-electron chi connectivity index (χ3n) is 7.20. The molecule has 1 saturated heterocycles. The highest BCUT2D eigenvalue weighted by Gasteiger charge is 2.57. The molecule has 6 heteroatoms. The van der Waals surface area contributed by atoms with Crippen LogP contribution >= 0.6 is 0 Å². The molecule has 5 rings (SSSR count). The van der Waals surface area contributed by atoms with Gasteiger partial charge in [0.05, 0.1) is 12.0 Å². The maximum absolute atomic E-state index is 13.8. The normalized spacial score (nSPS) is 19.5. The molecule has 3 aromatic carbocycles. The summed E-state index contributed by atoms with van der Waals surface area (Å²) in [6.07, 6.45) is 1.51. The Labute approximate surface area is 211 Å². The predicted molar refractivity (Wildman–Crippen MR) is 137 cm³/mol. The number of imide groups is 1. The number of benzene rings is 3. The van der Waals surface area contributed by atoms with E-state index in [4.69, 9.17) is 0 Å². The SMILES string of the molecule is O=C(C[C@@]1(c2ccc(-c3ccccc3)cc2)CC(=O)N(C2CC2)C1=O)N(CCO)Cc1ccccc1. The average Bonchev–Trinajstić information content (AvgIpc) is 3.70. The molecule has 2 aliphatic rings. The second-order valence-corrected chi connectivity index (χ2v) is 9.70. The van der Waals surface area contributed by atoms with Gasteiger partial charge in [-0.3, -0.25) is 19.3 Å². The largest absolute Gasteiger partial charge is 0.395 e. The number of aliphatic hydroxyl groups is 1. The van der Waals surface area contributed by atoms with Crippen molar-refractivity contribution in [3.63, 3.8) is 0 Å². The van der Waals surface area contributed by atoms with E-state index < -0.39 is 5.41 Å². The van der Waals surface area contributed by atoms with Crippen molar-refractivity contribution in [3.8, 4) is 11.1 Å². The second kappa shape index (κ2) is 10.1. The van der Waals surface area contributed by atoms with Crippen LogP contribution in [0.5, 0.6) is 0 Å². The molecule has 2 fully saturated rings. The van der Waals surface area contributed by atoms with Gasteiger partial charge in [0.25, 0.3) is 0 Å². The number of likely N-dealkylation sites (tertiary alicyclic amines) is 1. The van der Waals surface area contributed by atoms with Gasteiger partial charge in [0, 0.05) is 32.0 Å². The predicted octanol–water partition coefficient (Wildman–Crippen LogP) is 3.92. The van der Waals surface area contributed by atoms with Crippen LogP contribution in [0.15, 0.2) is 84.9 Å². The Bertz CT molecular complexity index is 1240. The van der Waals surface area contributed by atoms with E-state index in [-0.39, 0.29) is 49.8 Å². The fraction of sp³-hybridized carbons (Fsp3) is 0.300. The number of aliphatic hydroxyl groups excluding tert-OH is 1. The number of carbonyl (C=O) groups excluding carboxylic acids is 3. The first kappa shape index (κ1) is 23.9. The molecule has 36 heavy (non-hydrogen) atoms. The summed E-state index contributed by atoms with van der Waals surface area (Å²) in [5.74, 6) is -0.738. The van der Waals surface area contributed by atoms with E-state index in [1.165, 1.54) is 4.90 Å². The molecule has 1 saturated carbocycles. The summed E-state index contributed by atoms with van der Waals surface area (Å²) >= 11 is 0. The molecule has 1 aliphatic carbocycles. The molecule has 1 atom stereocenters. The highest BCUT2D eigenvalue weighted by atomic mass is 16.3. The number of hydrogen-bond acceptors (Lipinski definition) is 4. The monoisotopic (exact) mass is 482 g/mol. The fourth-order valence-electron chi connectivity index (χ4n) is 5.13. The summed E-state index contributed by atoms with van der Waals surface area (Å²) in [7, 11) is 0. The van der Waals surface area contributed by atoms with E-state index in [0.29, 0.717) is 12.1 Å². The first-order chi connectivity index (χ1) is 17.5. The van der Waals surface area contributed by atoms with E-state index in [1.807, 2.05) is 84.9 Å². The lowest BCUT2D eigenvalue weighted by Crippen LogP contribution is -2.44. The molecule has 1 heterocycles. The van der Waals surface area contributed by atoms with Crippen molar-refractivity contribution >= 4 is 17.7 Å². The molecule has 6 nitrogen and oxygen atoms in total. The van der Waals surface area contributed by atoms with Gasteiger partial charge in [-0.05, 0) is 35.1 Å². The highest BCUT2D eigenvalue weighted by molar-refractivity contribution is 6.11. The van der Waals surface area contributed by atoms with Crippen LogP contribution in [-0.2, 0) is 26.3 Å². The van der Waals surface area contributed by atoms with Gasteiger partial charge in [-0.15, -0.1) is 0 Å². The molecular weight excluding hydrogens is 452 g/mol. The lowest BCUT2D eigenvalue weighted by Gasteiger charge is -2.31. The molecule has 0 unspecified atom stereocenters. The van der Waals surface area contributed by atoms with Crippen molar-refractivity contribution in [2.45, 2.75) is 43.7 Å². The molecule has 1 N–H and O–H groups in total. The van der Waals surface area contributed by atoms with Crippen molar-refractivity contribution in [2.75, 3.05) is 13.2 Å². The average molecular weight is 483 g/mol. The van der Waals surface area contributed by atoms with Gasteiger partial charge >= 0.3 is 0 Å². The van der Waals surface area contributed by atoms with Crippen LogP contribution in [-0.4, -0.2) is 51.8 Å². The molecule has 3 amide bonds. The van der Waals surface area contributed by atoms with Crippen molar-refractivity contribution < 1.29 is 19.5 Å². The Balaban J connectivity index is 1.47. The van der Waals surface area contributed by atoms with Gasteiger partial charge in [-0.2, -0.15) is 0 Å². The standard InChI is InChI=1S/C30H30N2O4/c33-18-17-31(21-22-7-3-1-4-8-22)27(34)19-30(20-28(35)32(29(30)36)26-15-16-26)25-13-11-24(12-14-25)23-9-5-2-6-10-23/h1-14,26,33H,15-21H2/t30-/m0/s1. The first-order valence-corrected chi connectivity index (χ1v) is 12.5. The minimum Gasteiger partial charge on any atom is -0.395 e.